The molecule has 2 rings (SSSR count). The van der Waals surface area contributed by atoms with Crippen molar-refractivity contribution in [2.45, 2.75) is 44.9 Å². The average Bonchev–Trinajstić information content (AvgIpc) is 2.53. The highest BCUT2D eigenvalue weighted by molar-refractivity contribution is 7.89. The van der Waals surface area contributed by atoms with Crippen molar-refractivity contribution in [3.05, 3.63) is 23.3 Å². The summed E-state index contributed by atoms with van der Waals surface area (Å²) in [5, 5.41) is 0. The van der Waals surface area contributed by atoms with Crippen LogP contribution in [0.1, 0.15) is 44.2 Å². The zero-order valence-electron chi connectivity index (χ0n) is 14.5. The number of aryl methyl sites for hydroxylation is 1. The predicted octanol–water partition coefficient (Wildman–Crippen LogP) is 2.93. The van der Waals surface area contributed by atoms with Crippen LogP contribution in [0.4, 0.5) is 0 Å². The highest BCUT2D eigenvalue weighted by Gasteiger charge is 2.30. The molecule has 1 aromatic carbocycles. The van der Waals surface area contributed by atoms with Gasteiger partial charge in [-0.15, -0.1) is 0 Å². The molecule has 1 saturated heterocycles. The largest absolute Gasteiger partial charge is 0.492 e. The second-order valence-electron chi connectivity index (χ2n) is 6.18. The van der Waals surface area contributed by atoms with Gasteiger partial charge in [-0.25, -0.2) is 8.42 Å². The number of morpholine rings is 1. The zero-order valence-corrected chi connectivity index (χ0v) is 15.3. The molecule has 0 spiro atoms. The number of hydrogen-bond donors (Lipinski definition) is 0. The first kappa shape index (κ1) is 18.2. The second kappa shape index (κ2) is 7.64. The Balaban J connectivity index is 2.50. The molecule has 0 saturated carbocycles. The molecule has 1 aliphatic heterocycles. The van der Waals surface area contributed by atoms with Crippen LogP contribution in [0.3, 0.4) is 0 Å². The summed E-state index contributed by atoms with van der Waals surface area (Å²) in [7, 11) is -3.57. The minimum Gasteiger partial charge on any atom is -0.492 e. The Kier molecular flexibility index (Phi) is 6.06. The van der Waals surface area contributed by atoms with Crippen molar-refractivity contribution in [1.82, 2.24) is 4.31 Å². The fourth-order valence-corrected chi connectivity index (χ4v) is 4.31. The summed E-state index contributed by atoms with van der Waals surface area (Å²) in [6.45, 7) is 10.3. The van der Waals surface area contributed by atoms with E-state index in [4.69, 9.17) is 9.47 Å². The molecule has 0 bridgehead atoms. The van der Waals surface area contributed by atoms with E-state index in [2.05, 4.69) is 13.8 Å². The molecule has 1 fully saturated rings. The van der Waals surface area contributed by atoms with Gasteiger partial charge < -0.3 is 9.47 Å². The first-order valence-corrected chi connectivity index (χ1v) is 9.67. The Labute approximate surface area is 139 Å². The van der Waals surface area contributed by atoms with Crippen molar-refractivity contribution in [3.63, 3.8) is 0 Å². The quantitative estimate of drug-likeness (QED) is 0.798. The van der Waals surface area contributed by atoms with Gasteiger partial charge in [0, 0.05) is 13.1 Å². The van der Waals surface area contributed by atoms with Gasteiger partial charge in [-0.05, 0) is 42.5 Å². The summed E-state index contributed by atoms with van der Waals surface area (Å²) in [5.74, 6) is 0.717. The molecule has 23 heavy (non-hydrogen) atoms. The van der Waals surface area contributed by atoms with Crippen molar-refractivity contribution in [3.8, 4) is 5.75 Å². The first-order chi connectivity index (χ1) is 10.9. The molecule has 1 heterocycles. The van der Waals surface area contributed by atoms with E-state index in [0.29, 0.717) is 38.7 Å². The van der Waals surface area contributed by atoms with Gasteiger partial charge >= 0.3 is 0 Å². The third-order valence-electron chi connectivity index (χ3n) is 4.00. The van der Waals surface area contributed by atoms with Crippen molar-refractivity contribution < 1.29 is 17.9 Å². The third-order valence-corrected chi connectivity index (χ3v) is 5.92. The van der Waals surface area contributed by atoms with Crippen LogP contribution in [0.15, 0.2) is 17.0 Å². The highest BCUT2D eigenvalue weighted by Crippen LogP contribution is 2.33. The van der Waals surface area contributed by atoms with Crippen molar-refractivity contribution >= 4 is 10.0 Å². The molecule has 1 aliphatic rings. The van der Waals surface area contributed by atoms with Gasteiger partial charge in [0.25, 0.3) is 0 Å². The number of rotatable bonds is 6. The van der Waals surface area contributed by atoms with E-state index in [0.717, 1.165) is 17.5 Å². The lowest BCUT2D eigenvalue weighted by Crippen LogP contribution is -2.40. The van der Waals surface area contributed by atoms with E-state index in [-0.39, 0.29) is 10.8 Å². The second-order valence-corrected chi connectivity index (χ2v) is 8.08. The SMILES string of the molecule is CCCOc1cc(C)c(C(C)C)cc1S(=O)(=O)N1CCOCC1. The Morgan fingerprint density at radius 2 is 1.91 bits per heavy atom. The van der Waals surface area contributed by atoms with E-state index in [1.54, 1.807) is 6.07 Å². The molecule has 0 aliphatic carbocycles. The summed E-state index contributed by atoms with van der Waals surface area (Å²) in [6, 6.07) is 3.65. The van der Waals surface area contributed by atoms with Crippen LogP contribution in [0, 0.1) is 6.92 Å². The van der Waals surface area contributed by atoms with Crippen LogP contribution < -0.4 is 4.74 Å². The maximum atomic E-state index is 13.0. The molecule has 6 heteroatoms. The van der Waals surface area contributed by atoms with Crippen LogP contribution in [-0.4, -0.2) is 45.6 Å². The Hall–Kier alpha value is -1.11. The summed E-state index contributed by atoms with van der Waals surface area (Å²) in [4.78, 5) is 0.280. The Bertz CT molecular complexity index is 634. The van der Waals surface area contributed by atoms with E-state index < -0.39 is 10.0 Å². The first-order valence-electron chi connectivity index (χ1n) is 8.23. The van der Waals surface area contributed by atoms with Gasteiger partial charge in [-0.2, -0.15) is 4.31 Å². The number of ether oxygens (including phenoxy) is 2. The van der Waals surface area contributed by atoms with Gasteiger partial charge in [0.2, 0.25) is 10.0 Å². The molecule has 0 amide bonds. The minimum atomic E-state index is -3.57. The minimum absolute atomic E-state index is 0.258. The van der Waals surface area contributed by atoms with E-state index in [9.17, 15) is 8.42 Å². The van der Waals surface area contributed by atoms with Crippen LogP contribution in [-0.2, 0) is 14.8 Å². The van der Waals surface area contributed by atoms with Crippen molar-refractivity contribution in [1.29, 1.82) is 0 Å². The molecule has 130 valence electrons. The normalized spacial score (nSPS) is 16.7. The van der Waals surface area contributed by atoms with Crippen molar-refractivity contribution in [2.75, 3.05) is 32.9 Å². The van der Waals surface area contributed by atoms with Crippen molar-refractivity contribution in [2.24, 2.45) is 0 Å². The van der Waals surface area contributed by atoms with Gasteiger partial charge in [-0.1, -0.05) is 20.8 Å². The maximum absolute atomic E-state index is 13.0. The Morgan fingerprint density at radius 3 is 2.48 bits per heavy atom. The molecule has 0 unspecified atom stereocenters. The number of benzene rings is 1. The monoisotopic (exact) mass is 341 g/mol. The highest BCUT2D eigenvalue weighted by atomic mass is 32.2. The fourth-order valence-electron chi connectivity index (χ4n) is 2.75. The van der Waals surface area contributed by atoms with Gasteiger partial charge in [0.15, 0.2) is 0 Å². The number of sulfonamides is 1. The maximum Gasteiger partial charge on any atom is 0.246 e. The molecule has 1 aromatic rings. The van der Waals surface area contributed by atoms with E-state index in [1.165, 1.54) is 4.31 Å². The third kappa shape index (κ3) is 4.05. The lowest BCUT2D eigenvalue weighted by molar-refractivity contribution is 0.0729. The zero-order chi connectivity index (χ0) is 17.0. The smallest absolute Gasteiger partial charge is 0.246 e. The van der Waals surface area contributed by atoms with Gasteiger partial charge in [-0.3, -0.25) is 0 Å². The molecule has 0 radical (unpaired) electrons. The molecule has 5 nitrogen and oxygen atoms in total. The molecule has 0 aromatic heterocycles. The van der Waals surface area contributed by atoms with E-state index in [1.807, 2.05) is 19.9 Å². The fraction of sp³-hybridized carbons (Fsp3) is 0.647. The average molecular weight is 341 g/mol. The summed E-state index contributed by atoms with van der Waals surface area (Å²) >= 11 is 0. The van der Waals surface area contributed by atoms with E-state index >= 15 is 0 Å². The number of hydrogen-bond acceptors (Lipinski definition) is 4. The van der Waals surface area contributed by atoms with Crippen LogP contribution in [0.25, 0.3) is 0 Å². The lowest BCUT2D eigenvalue weighted by Gasteiger charge is -2.27. The molecule has 0 atom stereocenters. The lowest BCUT2D eigenvalue weighted by atomic mass is 9.98. The topological polar surface area (TPSA) is 55.8 Å². The summed E-state index contributed by atoms with van der Waals surface area (Å²) in [5.41, 5.74) is 2.10. The summed E-state index contributed by atoms with van der Waals surface area (Å²) < 4.78 is 38.6. The van der Waals surface area contributed by atoms with Crippen LogP contribution in [0.2, 0.25) is 0 Å². The standard InChI is InChI=1S/C17H27NO4S/c1-5-8-22-16-11-14(4)15(13(2)3)12-17(16)23(19,20)18-6-9-21-10-7-18/h11-13H,5-10H2,1-4H3. The molecular weight excluding hydrogens is 314 g/mol. The Morgan fingerprint density at radius 1 is 1.26 bits per heavy atom. The van der Waals surface area contributed by atoms with Crippen LogP contribution in [0.5, 0.6) is 5.75 Å². The van der Waals surface area contributed by atoms with Gasteiger partial charge in [0.1, 0.15) is 10.6 Å². The van der Waals surface area contributed by atoms with Gasteiger partial charge in [0.05, 0.1) is 19.8 Å². The van der Waals surface area contributed by atoms with Crippen LogP contribution >= 0.6 is 0 Å². The molecule has 0 N–H and O–H groups in total. The number of nitrogens with zero attached hydrogens (tertiary/aromatic N) is 1. The predicted molar refractivity (Wildman–Crippen MR) is 90.6 cm³/mol. The summed E-state index contributed by atoms with van der Waals surface area (Å²) in [6.07, 6.45) is 0.835. The molecular formula is C17H27NO4S.